The van der Waals surface area contributed by atoms with Crippen molar-refractivity contribution < 1.29 is 18.9 Å². The van der Waals surface area contributed by atoms with Crippen LogP contribution in [0.1, 0.15) is 0 Å². The Kier molecular flexibility index (Phi) is 7.73. The second-order valence-electron chi connectivity index (χ2n) is 0.495. The molecule has 0 fully saturated rings. The van der Waals surface area contributed by atoms with Gasteiger partial charge >= 0.3 is 21.1 Å². The van der Waals surface area contributed by atoms with Crippen LogP contribution in [0, 0.1) is 0 Å². The first-order valence-electron chi connectivity index (χ1n) is 0.873. The summed E-state index contributed by atoms with van der Waals surface area (Å²) in [7, 11) is 0. The van der Waals surface area contributed by atoms with Crippen molar-refractivity contribution >= 4 is 59.0 Å². The maximum atomic E-state index is 5.11. The Morgan fingerprint density at radius 3 is 1.17 bits per heavy atom. The van der Waals surface area contributed by atoms with E-state index in [0.29, 0.717) is 0 Å². The summed E-state index contributed by atoms with van der Waals surface area (Å²) in [4.78, 5) is 0. The first kappa shape index (κ1) is 11.1. The van der Waals surface area contributed by atoms with E-state index in [-0.39, 0.29) is 18.9 Å². The van der Waals surface area contributed by atoms with Gasteiger partial charge in [0.1, 0.15) is 0 Å². The normalized spacial score (nSPS) is 10.0. The minimum absolute atomic E-state index is 0. The van der Waals surface area contributed by atoms with Gasteiger partial charge in [0.25, 0.3) is 0 Å². The van der Waals surface area contributed by atoms with Crippen molar-refractivity contribution in [2.24, 2.45) is 0 Å². The standard InChI is InChI=1S/BCl3I.Li/c2-1(3,4)5;/q-1;+1. The van der Waals surface area contributed by atoms with E-state index in [4.69, 9.17) is 34.4 Å². The molecule has 0 bridgehead atoms. The van der Waals surface area contributed by atoms with Gasteiger partial charge in [-0.05, 0) is 0 Å². The zero-order valence-corrected chi connectivity index (χ0v) is 7.51. The van der Waals surface area contributed by atoms with E-state index in [9.17, 15) is 0 Å². The van der Waals surface area contributed by atoms with Crippen LogP contribution in [0.25, 0.3) is 0 Å². The molecule has 32 valence electrons. The zero-order chi connectivity index (χ0) is 4.50. The quantitative estimate of drug-likeness (QED) is 0.405. The molecule has 0 heterocycles. The predicted molar refractivity (Wildman–Crippen MR) is 37.3 cm³/mol. The van der Waals surface area contributed by atoms with Crippen molar-refractivity contribution in [1.82, 2.24) is 0 Å². The fraction of sp³-hybridized carbons (Fsp3) is 0. The van der Waals surface area contributed by atoms with Crippen molar-refractivity contribution in [3.8, 4) is 0 Å². The van der Waals surface area contributed by atoms with Gasteiger partial charge in [-0.15, -0.1) is 0 Å². The number of halogens is 4. The molecule has 0 amide bonds. The average molecular weight is 251 g/mol. The third-order valence-corrected chi connectivity index (χ3v) is 0. The number of hydrogen-bond donors (Lipinski definition) is 0. The van der Waals surface area contributed by atoms with Crippen molar-refractivity contribution in [3.63, 3.8) is 0 Å². The SMILES string of the molecule is Cl[B-](Cl)(Cl)I.[Li+]. The van der Waals surface area contributed by atoms with E-state index in [2.05, 4.69) is 0 Å². The van der Waals surface area contributed by atoms with Crippen LogP contribution in [0.3, 0.4) is 0 Å². The van der Waals surface area contributed by atoms with Crippen LogP contribution in [0.15, 0.2) is 0 Å². The second kappa shape index (κ2) is 4.17. The molecule has 0 nitrogen and oxygen atoms in total. The molecule has 0 aromatic rings. The molecule has 0 atom stereocenters. The Morgan fingerprint density at radius 1 is 1.17 bits per heavy atom. The average Bonchev–Trinajstić information content (AvgIpc) is 0.722. The van der Waals surface area contributed by atoms with Crippen molar-refractivity contribution in [3.05, 3.63) is 0 Å². The summed E-state index contributed by atoms with van der Waals surface area (Å²) in [6.07, 6.45) is 0. The molecule has 0 saturated heterocycles. The fourth-order valence-electron chi connectivity index (χ4n) is 0. The van der Waals surface area contributed by atoms with Gasteiger partial charge in [-0.2, -0.15) is 0 Å². The molecule has 0 N–H and O–H groups in total. The molecular formula is BCl3ILi. The largest absolute Gasteiger partial charge is 1.00 e. The summed E-state index contributed by atoms with van der Waals surface area (Å²) in [5.74, 6) is 0. The Bertz CT molecular complexity index is 26.3. The van der Waals surface area contributed by atoms with Crippen LogP contribution in [0.5, 0.6) is 0 Å². The third-order valence-electron chi connectivity index (χ3n) is 0. The molecule has 0 spiro atoms. The van der Waals surface area contributed by atoms with Crippen molar-refractivity contribution in [1.29, 1.82) is 0 Å². The molecule has 0 saturated carbocycles. The Labute approximate surface area is 77.0 Å². The van der Waals surface area contributed by atoms with Gasteiger partial charge in [0.2, 0.25) is 0 Å². The molecule has 6 heavy (non-hydrogen) atoms. The first-order valence-corrected chi connectivity index (χ1v) is 3.43. The molecular weight excluding hydrogens is 251 g/mol. The maximum absolute atomic E-state index is 5.11. The predicted octanol–water partition coefficient (Wildman–Crippen LogP) is -0.423. The van der Waals surface area contributed by atoms with Gasteiger partial charge in [0.05, 0.1) is 0 Å². The van der Waals surface area contributed by atoms with Gasteiger partial charge < -0.3 is 34.4 Å². The van der Waals surface area contributed by atoms with Crippen LogP contribution in [0.4, 0.5) is 0 Å². The monoisotopic (exact) mass is 250 g/mol. The topological polar surface area (TPSA) is 0 Å². The van der Waals surface area contributed by atoms with E-state index in [1.54, 1.807) is 22.4 Å². The fourth-order valence-corrected chi connectivity index (χ4v) is 0. The molecule has 0 radical (unpaired) electrons. The molecule has 0 aliphatic heterocycles. The summed E-state index contributed by atoms with van der Waals surface area (Å²) >= 11 is 17.1. The molecule has 6 heteroatoms. The van der Waals surface area contributed by atoms with Gasteiger partial charge in [-0.3, -0.25) is 22.4 Å². The third kappa shape index (κ3) is 33.9. The summed E-state index contributed by atoms with van der Waals surface area (Å²) < 4.78 is -1.61. The second-order valence-corrected chi connectivity index (χ2v) is 7.21. The first-order chi connectivity index (χ1) is 2.00. The smallest absolute Gasteiger partial charge is 0.338 e. The molecule has 0 aliphatic rings. The molecule has 0 aromatic carbocycles. The maximum Gasteiger partial charge on any atom is 1.00 e. The van der Waals surface area contributed by atoms with Crippen LogP contribution in [-0.4, -0.2) is 2.25 Å². The van der Waals surface area contributed by atoms with E-state index in [1.165, 1.54) is 0 Å². The molecule has 0 aromatic heterocycles. The molecule has 0 rings (SSSR count). The van der Waals surface area contributed by atoms with Gasteiger partial charge in [0, 0.05) is 0 Å². The summed E-state index contributed by atoms with van der Waals surface area (Å²) in [5.41, 5.74) is 0. The van der Waals surface area contributed by atoms with E-state index >= 15 is 0 Å². The Balaban J connectivity index is 0. The van der Waals surface area contributed by atoms with E-state index in [0.717, 1.165) is 0 Å². The van der Waals surface area contributed by atoms with Crippen LogP contribution < -0.4 is 18.9 Å². The van der Waals surface area contributed by atoms with Crippen molar-refractivity contribution in [2.45, 2.75) is 0 Å². The van der Waals surface area contributed by atoms with Crippen molar-refractivity contribution in [2.75, 3.05) is 0 Å². The van der Waals surface area contributed by atoms with Crippen LogP contribution in [0.2, 0.25) is 0 Å². The minimum Gasteiger partial charge on any atom is -0.338 e. The summed E-state index contributed by atoms with van der Waals surface area (Å²) in [5, 5.41) is 0. The Morgan fingerprint density at radius 2 is 1.17 bits per heavy atom. The summed E-state index contributed by atoms with van der Waals surface area (Å²) in [6, 6.07) is 0. The van der Waals surface area contributed by atoms with Gasteiger partial charge in [-0.1, -0.05) is 0 Å². The zero-order valence-electron chi connectivity index (χ0n) is 3.09. The number of hydrogen-bond acceptors (Lipinski definition) is 0. The Hall–Kier alpha value is 2.26. The van der Waals surface area contributed by atoms with E-state index in [1.807, 2.05) is 0 Å². The van der Waals surface area contributed by atoms with Gasteiger partial charge in [0.15, 0.2) is 0 Å². The number of rotatable bonds is 0. The van der Waals surface area contributed by atoms with E-state index < -0.39 is 2.25 Å². The van der Waals surface area contributed by atoms with Gasteiger partial charge in [-0.25, -0.2) is 0 Å². The van der Waals surface area contributed by atoms with Crippen LogP contribution >= 0.6 is 56.8 Å². The van der Waals surface area contributed by atoms with Crippen LogP contribution in [-0.2, 0) is 0 Å². The molecule has 0 aliphatic carbocycles. The molecule has 0 unspecified atom stereocenters. The summed E-state index contributed by atoms with van der Waals surface area (Å²) in [6.45, 7) is 0. The minimum atomic E-state index is -1.61.